The molecule has 0 saturated carbocycles. The number of carbonyl (C=O) groups is 2. The molecule has 2 rings (SSSR count). The van der Waals surface area contributed by atoms with E-state index in [2.05, 4.69) is 5.32 Å². The summed E-state index contributed by atoms with van der Waals surface area (Å²) in [7, 11) is 1.56. The molecule has 2 aromatic carbocycles. The minimum absolute atomic E-state index is 0.156. The average Bonchev–Trinajstić information content (AvgIpc) is 2.68. The molecule has 1 amide bonds. The summed E-state index contributed by atoms with van der Waals surface area (Å²) >= 11 is 0. The molecule has 2 aromatic rings. The van der Waals surface area contributed by atoms with E-state index in [9.17, 15) is 14.7 Å². The smallest absolute Gasteiger partial charge is 0.411 e. The molecule has 156 valence electrons. The fraction of sp³-hybridized carbons (Fsp3) is 0.364. The SMILES string of the molecule is COc1ccc(CC(OC(C)C)C(=O)O)cc1CCOC(=O)Nc1ccccc1. The number of carbonyl (C=O) groups excluding carboxylic acids is 1. The van der Waals surface area contributed by atoms with Gasteiger partial charge in [0.05, 0.1) is 19.8 Å². The summed E-state index contributed by atoms with van der Waals surface area (Å²) in [5.41, 5.74) is 2.29. The van der Waals surface area contributed by atoms with Gasteiger partial charge in [0.25, 0.3) is 0 Å². The molecule has 0 fully saturated rings. The molecular formula is C22H27NO6. The van der Waals surface area contributed by atoms with Crippen molar-refractivity contribution in [2.75, 3.05) is 19.0 Å². The zero-order chi connectivity index (χ0) is 21.2. The third-order valence-corrected chi connectivity index (χ3v) is 4.10. The standard InChI is InChI=1S/C22H27NO6/c1-15(2)29-20(21(24)25)14-16-9-10-19(27-3)17(13-16)11-12-28-22(26)23-18-7-5-4-6-8-18/h4-10,13,15,20H,11-12,14H2,1-3H3,(H,23,26)(H,24,25). The molecule has 1 unspecified atom stereocenters. The van der Waals surface area contributed by atoms with Gasteiger partial charge in [-0.3, -0.25) is 5.32 Å². The van der Waals surface area contributed by atoms with Crippen LogP contribution in [0.15, 0.2) is 48.5 Å². The number of methoxy groups -OCH3 is 1. The summed E-state index contributed by atoms with van der Waals surface area (Å²) in [6, 6.07) is 14.5. The molecule has 0 heterocycles. The van der Waals surface area contributed by atoms with Crippen LogP contribution in [0.1, 0.15) is 25.0 Å². The topological polar surface area (TPSA) is 94.1 Å². The van der Waals surface area contributed by atoms with Gasteiger partial charge in [0.2, 0.25) is 0 Å². The first-order valence-electron chi connectivity index (χ1n) is 9.42. The van der Waals surface area contributed by atoms with Crippen molar-refractivity contribution in [3.63, 3.8) is 0 Å². The van der Waals surface area contributed by atoms with Crippen LogP contribution in [0.2, 0.25) is 0 Å². The number of aliphatic carboxylic acids is 1. The van der Waals surface area contributed by atoms with Gasteiger partial charge < -0.3 is 19.3 Å². The van der Waals surface area contributed by atoms with Gasteiger partial charge in [-0.2, -0.15) is 0 Å². The Bertz CT molecular complexity index is 806. The normalized spacial score (nSPS) is 11.7. The van der Waals surface area contributed by atoms with Crippen molar-refractivity contribution in [3.8, 4) is 5.75 Å². The lowest BCUT2D eigenvalue weighted by atomic mass is 10.0. The fourth-order valence-electron chi connectivity index (χ4n) is 2.82. The highest BCUT2D eigenvalue weighted by Gasteiger charge is 2.20. The number of benzene rings is 2. The first kappa shape index (κ1) is 22.2. The van der Waals surface area contributed by atoms with Crippen LogP contribution in [-0.2, 0) is 27.1 Å². The number of anilines is 1. The Hall–Kier alpha value is -3.06. The molecule has 0 bridgehead atoms. The van der Waals surface area contributed by atoms with Crippen LogP contribution >= 0.6 is 0 Å². The Morgan fingerprint density at radius 3 is 2.45 bits per heavy atom. The van der Waals surface area contributed by atoms with Gasteiger partial charge in [-0.05, 0) is 43.2 Å². The van der Waals surface area contributed by atoms with E-state index in [1.807, 2.05) is 30.3 Å². The molecular weight excluding hydrogens is 374 g/mol. The van der Waals surface area contributed by atoms with Crippen molar-refractivity contribution in [2.45, 2.75) is 38.9 Å². The third kappa shape index (κ3) is 7.46. The highest BCUT2D eigenvalue weighted by Crippen LogP contribution is 2.22. The second-order valence-corrected chi connectivity index (χ2v) is 6.74. The molecule has 1 atom stereocenters. The van der Waals surface area contributed by atoms with Crippen molar-refractivity contribution < 1.29 is 28.9 Å². The molecule has 0 aliphatic rings. The van der Waals surface area contributed by atoms with E-state index < -0.39 is 18.2 Å². The van der Waals surface area contributed by atoms with Crippen LogP contribution in [0.4, 0.5) is 10.5 Å². The Morgan fingerprint density at radius 1 is 1.10 bits per heavy atom. The van der Waals surface area contributed by atoms with Gasteiger partial charge in [0.15, 0.2) is 6.10 Å². The molecule has 29 heavy (non-hydrogen) atoms. The second kappa shape index (κ2) is 11.1. The Morgan fingerprint density at radius 2 is 1.83 bits per heavy atom. The highest BCUT2D eigenvalue weighted by atomic mass is 16.5. The predicted molar refractivity (Wildman–Crippen MR) is 109 cm³/mol. The lowest BCUT2D eigenvalue weighted by Gasteiger charge is -2.17. The number of amides is 1. The van der Waals surface area contributed by atoms with Crippen molar-refractivity contribution in [1.29, 1.82) is 0 Å². The average molecular weight is 401 g/mol. The summed E-state index contributed by atoms with van der Waals surface area (Å²) in [5, 5.41) is 12.0. The molecule has 0 aliphatic carbocycles. The zero-order valence-electron chi connectivity index (χ0n) is 16.9. The van der Waals surface area contributed by atoms with Crippen LogP contribution in [0.5, 0.6) is 5.75 Å². The van der Waals surface area contributed by atoms with E-state index in [0.29, 0.717) is 17.9 Å². The molecule has 0 aliphatic heterocycles. The molecule has 2 N–H and O–H groups in total. The van der Waals surface area contributed by atoms with Gasteiger partial charge in [0, 0.05) is 18.5 Å². The highest BCUT2D eigenvalue weighted by molar-refractivity contribution is 5.84. The van der Waals surface area contributed by atoms with E-state index >= 15 is 0 Å². The Balaban J connectivity index is 1.97. The van der Waals surface area contributed by atoms with Crippen molar-refractivity contribution in [1.82, 2.24) is 0 Å². The second-order valence-electron chi connectivity index (χ2n) is 6.74. The van der Waals surface area contributed by atoms with Gasteiger partial charge in [-0.15, -0.1) is 0 Å². The molecule has 7 heteroatoms. The number of rotatable bonds is 10. The summed E-state index contributed by atoms with van der Waals surface area (Å²) in [4.78, 5) is 23.3. The van der Waals surface area contributed by atoms with Gasteiger partial charge in [-0.25, -0.2) is 9.59 Å². The largest absolute Gasteiger partial charge is 0.496 e. The predicted octanol–water partition coefficient (Wildman–Crippen LogP) is 3.91. The Kier molecular flexibility index (Phi) is 8.48. The number of hydrogen-bond donors (Lipinski definition) is 2. The number of para-hydroxylation sites is 1. The number of carboxylic acid groups (broad SMARTS) is 1. The van der Waals surface area contributed by atoms with Gasteiger partial charge >= 0.3 is 12.1 Å². The lowest BCUT2D eigenvalue weighted by Crippen LogP contribution is -2.29. The molecule has 0 radical (unpaired) electrons. The van der Waals surface area contributed by atoms with E-state index in [-0.39, 0.29) is 19.1 Å². The fourth-order valence-corrected chi connectivity index (χ4v) is 2.82. The lowest BCUT2D eigenvalue weighted by molar-refractivity contribution is -0.153. The summed E-state index contributed by atoms with van der Waals surface area (Å²) in [6.45, 7) is 3.75. The summed E-state index contributed by atoms with van der Waals surface area (Å²) in [5.74, 6) is -0.352. The first-order chi connectivity index (χ1) is 13.9. The number of carboxylic acids is 1. The van der Waals surface area contributed by atoms with Crippen LogP contribution < -0.4 is 10.1 Å². The van der Waals surface area contributed by atoms with Crippen molar-refractivity contribution in [3.05, 3.63) is 59.7 Å². The van der Waals surface area contributed by atoms with Gasteiger partial charge in [0.1, 0.15) is 5.75 Å². The number of hydrogen-bond acceptors (Lipinski definition) is 5. The minimum atomic E-state index is -1.00. The van der Waals surface area contributed by atoms with Crippen molar-refractivity contribution in [2.24, 2.45) is 0 Å². The van der Waals surface area contributed by atoms with Crippen LogP contribution in [0.3, 0.4) is 0 Å². The Labute approximate surface area is 170 Å². The van der Waals surface area contributed by atoms with E-state index in [1.165, 1.54) is 0 Å². The number of nitrogens with one attached hydrogen (secondary N) is 1. The molecule has 0 spiro atoms. The first-order valence-corrected chi connectivity index (χ1v) is 9.42. The van der Waals surface area contributed by atoms with E-state index in [1.54, 1.807) is 39.2 Å². The van der Waals surface area contributed by atoms with Crippen LogP contribution in [-0.4, -0.2) is 43.1 Å². The zero-order valence-corrected chi connectivity index (χ0v) is 16.9. The summed E-state index contributed by atoms with van der Waals surface area (Å²) in [6.07, 6.45) is -0.987. The number of ether oxygens (including phenoxy) is 3. The van der Waals surface area contributed by atoms with Gasteiger partial charge in [-0.1, -0.05) is 30.3 Å². The summed E-state index contributed by atoms with van der Waals surface area (Å²) < 4.78 is 16.1. The van der Waals surface area contributed by atoms with Crippen LogP contribution in [0, 0.1) is 0 Å². The maximum Gasteiger partial charge on any atom is 0.411 e. The maximum absolute atomic E-state index is 11.9. The van der Waals surface area contributed by atoms with E-state index in [0.717, 1.165) is 11.1 Å². The quantitative estimate of drug-likeness (QED) is 0.627. The molecule has 0 aromatic heterocycles. The van der Waals surface area contributed by atoms with Crippen LogP contribution in [0.25, 0.3) is 0 Å². The van der Waals surface area contributed by atoms with Crippen molar-refractivity contribution >= 4 is 17.7 Å². The maximum atomic E-state index is 11.9. The monoisotopic (exact) mass is 401 g/mol. The van der Waals surface area contributed by atoms with E-state index in [4.69, 9.17) is 14.2 Å². The molecule has 7 nitrogen and oxygen atoms in total. The minimum Gasteiger partial charge on any atom is -0.496 e. The third-order valence-electron chi connectivity index (χ3n) is 4.10. The molecule has 0 saturated heterocycles.